The van der Waals surface area contributed by atoms with Gasteiger partial charge in [0.2, 0.25) is 11.8 Å². The maximum Gasteiger partial charge on any atom is 0.242 e. The number of anilines is 1. The second-order valence-corrected chi connectivity index (χ2v) is 12.4. The summed E-state index contributed by atoms with van der Waals surface area (Å²) in [5.74, 6) is -0.397. The Hall–Kier alpha value is -4.84. The first kappa shape index (κ1) is 31.6. The minimum absolute atomic E-state index is 0.0246. The predicted octanol–water partition coefficient (Wildman–Crippen LogP) is 7.12. The number of aromatic nitrogens is 1. The molecule has 0 saturated heterocycles. The van der Waals surface area contributed by atoms with Gasteiger partial charge in [0.15, 0.2) is 0 Å². The van der Waals surface area contributed by atoms with Crippen LogP contribution < -0.4 is 4.90 Å². The lowest BCUT2D eigenvalue weighted by molar-refractivity contribution is -0.141. The standard InChI is InChI=1S/C39H44N4O2/c1-29(2)26-43(39(45)38(31-13-7-5-8-14-31)32-15-9-6-10-16-32)28-37(44)42(27-30-19-21-34(22-20-30)41(3)4)24-23-33-25-40-36-18-12-11-17-35(33)36/h5-22,25,29,38,40H,23-24,26-28H2,1-4H3. The topological polar surface area (TPSA) is 59.7 Å². The lowest BCUT2D eigenvalue weighted by Gasteiger charge is -2.32. The minimum Gasteiger partial charge on any atom is -0.378 e. The van der Waals surface area contributed by atoms with Gasteiger partial charge in [-0.2, -0.15) is 0 Å². The summed E-state index contributed by atoms with van der Waals surface area (Å²) < 4.78 is 0. The van der Waals surface area contributed by atoms with Gasteiger partial charge in [-0.05, 0) is 52.8 Å². The third kappa shape index (κ3) is 8.01. The van der Waals surface area contributed by atoms with Crippen molar-refractivity contribution < 1.29 is 9.59 Å². The smallest absolute Gasteiger partial charge is 0.242 e. The number of benzene rings is 4. The van der Waals surface area contributed by atoms with Crippen molar-refractivity contribution in [2.75, 3.05) is 38.6 Å². The first-order valence-corrected chi connectivity index (χ1v) is 15.8. The Labute approximate surface area is 267 Å². The van der Waals surface area contributed by atoms with Crippen LogP contribution in [0.3, 0.4) is 0 Å². The van der Waals surface area contributed by atoms with Gasteiger partial charge in [-0.25, -0.2) is 0 Å². The summed E-state index contributed by atoms with van der Waals surface area (Å²) in [6.45, 7) is 5.71. The average molecular weight is 601 g/mol. The third-order valence-electron chi connectivity index (χ3n) is 8.24. The number of hydrogen-bond acceptors (Lipinski definition) is 3. The molecule has 1 aromatic heterocycles. The molecule has 2 amide bonds. The molecule has 0 bridgehead atoms. The minimum atomic E-state index is -0.489. The molecule has 0 aliphatic carbocycles. The monoisotopic (exact) mass is 600 g/mol. The van der Waals surface area contributed by atoms with Gasteiger partial charge in [-0.15, -0.1) is 0 Å². The summed E-state index contributed by atoms with van der Waals surface area (Å²) in [6, 6.07) is 36.3. The van der Waals surface area contributed by atoms with E-state index in [1.807, 2.05) is 98.0 Å². The van der Waals surface area contributed by atoms with Crippen LogP contribution in [0.5, 0.6) is 0 Å². The number of fused-ring (bicyclic) bond motifs is 1. The maximum atomic E-state index is 14.4. The molecule has 5 aromatic rings. The normalized spacial score (nSPS) is 11.2. The number of hydrogen-bond donors (Lipinski definition) is 1. The fourth-order valence-electron chi connectivity index (χ4n) is 5.89. The molecule has 0 aliphatic heterocycles. The molecule has 0 fully saturated rings. The number of para-hydroxylation sites is 1. The molecule has 6 nitrogen and oxygen atoms in total. The summed E-state index contributed by atoms with van der Waals surface area (Å²) >= 11 is 0. The Morgan fingerprint density at radius 1 is 0.733 bits per heavy atom. The zero-order valence-corrected chi connectivity index (χ0v) is 26.8. The highest BCUT2D eigenvalue weighted by atomic mass is 16.2. The van der Waals surface area contributed by atoms with Crippen LogP contribution in [-0.2, 0) is 22.6 Å². The maximum absolute atomic E-state index is 14.4. The molecule has 0 unspecified atom stereocenters. The molecule has 0 saturated carbocycles. The van der Waals surface area contributed by atoms with Crippen LogP contribution in [0.25, 0.3) is 10.9 Å². The lowest BCUT2D eigenvalue weighted by atomic mass is 9.89. The highest BCUT2D eigenvalue weighted by Gasteiger charge is 2.30. The van der Waals surface area contributed by atoms with Crippen molar-refractivity contribution in [3.8, 4) is 0 Å². The van der Waals surface area contributed by atoms with Gasteiger partial charge in [0.05, 0.1) is 12.5 Å². The van der Waals surface area contributed by atoms with Crippen molar-refractivity contribution in [1.82, 2.24) is 14.8 Å². The van der Waals surface area contributed by atoms with Crippen LogP contribution in [-0.4, -0.2) is 60.3 Å². The second kappa shape index (κ2) is 14.8. The average Bonchev–Trinajstić information content (AvgIpc) is 3.47. The van der Waals surface area contributed by atoms with E-state index in [4.69, 9.17) is 0 Å². The number of nitrogens with zero attached hydrogens (tertiary/aromatic N) is 3. The van der Waals surface area contributed by atoms with Crippen LogP contribution in [0.4, 0.5) is 5.69 Å². The van der Waals surface area contributed by atoms with Crippen molar-refractivity contribution in [3.05, 3.63) is 138 Å². The summed E-state index contributed by atoms with van der Waals surface area (Å²) in [5.41, 5.74) is 6.28. The largest absolute Gasteiger partial charge is 0.378 e. The molecule has 5 rings (SSSR count). The van der Waals surface area contributed by atoms with Crippen LogP contribution >= 0.6 is 0 Å². The Morgan fingerprint density at radius 3 is 1.93 bits per heavy atom. The summed E-state index contributed by atoms with van der Waals surface area (Å²) in [5, 5.41) is 1.17. The predicted molar refractivity (Wildman–Crippen MR) is 184 cm³/mol. The van der Waals surface area contributed by atoms with Crippen molar-refractivity contribution in [2.45, 2.75) is 32.7 Å². The fraction of sp³-hybridized carbons (Fsp3) is 0.282. The summed E-state index contributed by atoms with van der Waals surface area (Å²) in [6.07, 6.45) is 2.75. The zero-order chi connectivity index (χ0) is 31.8. The van der Waals surface area contributed by atoms with E-state index in [1.54, 1.807) is 4.90 Å². The van der Waals surface area contributed by atoms with Crippen molar-refractivity contribution >= 4 is 28.4 Å². The molecule has 45 heavy (non-hydrogen) atoms. The molecule has 0 spiro atoms. The molecule has 0 atom stereocenters. The number of carbonyl (C=O) groups is 2. The number of aromatic amines is 1. The molecule has 0 aliphatic rings. The van der Waals surface area contributed by atoms with Crippen LogP contribution in [0.1, 0.15) is 42.0 Å². The summed E-state index contributed by atoms with van der Waals surface area (Å²) in [4.78, 5) is 37.8. The van der Waals surface area contributed by atoms with Gasteiger partial charge in [0, 0.05) is 56.5 Å². The van der Waals surface area contributed by atoms with Gasteiger partial charge in [0.25, 0.3) is 0 Å². The molecule has 232 valence electrons. The molecule has 6 heteroatoms. The van der Waals surface area contributed by atoms with Gasteiger partial charge in [-0.1, -0.05) is 105 Å². The molecule has 4 aromatic carbocycles. The van der Waals surface area contributed by atoms with E-state index in [2.05, 4.69) is 60.1 Å². The van der Waals surface area contributed by atoms with Crippen LogP contribution in [0.15, 0.2) is 115 Å². The lowest BCUT2D eigenvalue weighted by Crippen LogP contribution is -2.46. The van der Waals surface area contributed by atoms with E-state index in [-0.39, 0.29) is 24.3 Å². The SMILES string of the molecule is CC(C)CN(CC(=O)N(CCc1c[nH]c2ccccc12)Cc1ccc(N(C)C)cc1)C(=O)C(c1ccccc1)c1ccccc1. The van der Waals surface area contributed by atoms with Gasteiger partial charge < -0.3 is 19.7 Å². The van der Waals surface area contributed by atoms with E-state index in [0.29, 0.717) is 26.1 Å². The van der Waals surface area contributed by atoms with E-state index < -0.39 is 5.92 Å². The first-order chi connectivity index (χ1) is 21.8. The van der Waals surface area contributed by atoms with E-state index in [0.717, 1.165) is 27.9 Å². The van der Waals surface area contributed by atoms with Gasteiger partial charge >= 0.3 is 0 Å². The number of H-pyrrole nitrogens is 1. The zero-order valence-electron chi connectivity index (χ0n) is 26.8. The highest BCUT2D eigenvalue weighted by molar-refractivity contribution is 5.91. The molecule has 0 radical (unpaired) electrons. The molecular formula is C39H44N4O2. The Morgan fingerprint density at radius 2 is 1.33 bits per heavy atom. The fourth-order valence-corrected chi connectivity index (χ4v) is 5.89. The van der Waals surface area contributed by atoms with Crippen LogP contribution in [0, 0.1) is 5.92 Å². The quantitative estimate of drug-likeness (QED) is 0.157. The third-order valence-corrected chi connectivity index (χ3v) is 8.24. The van der Waals surface area contributed by atoms with Crippen molar-refractivity contribution in [2.24, 2.45) is 5.92 Å². The van der Waals surface area contributed by atoms with Gasteiger partial charge in [0.1, 0.15) is 0 Å². The molecule has 1 heterocycles. The number of nitrogens with one attached hydrogen (secondary N) is 1. The van der Waals surface area contributed by atoms with E-state index in [9.17, 15) is 9.59 Å². The van der Waals surface area contributed by atoms with E-state index >= 15 is 0 Å². The van der Waals surface area contributed by atoms with Crippen LogP contribution in [0.2, 0.25) is 0 Å². The van der Waals surface area contributed by atoms with Crippen molar-refractivity contribution in [1.29, 1.82) is 0 Å². The highest BCUT2D eigenvalue weighted by Crippen LogP contribution is 2.28. The van der Waals surface area contributed by atoms with Crippen molar-refractivity contribution in [3.63, 3.8) is 0 Å². The first-order valence-electron chi connectivity index (χ1n) is 15.8. The number of rotatable bonds is 13. The second-order valence-electron chi connectivity index (χ2n) is 12.4. The van der Waals surface area contributed by atoms with E-state index in [1.165, 1.54) is 10.9 Å². The Balaban J connectivity index is 1.42. The number of carbonyl (C=O) groups excluding carboxylic acids is 2. The van der Waals surface area contributed by atoms with Gasteiger partial charge in [-0.3, -0.25) is 9.59 Å². The summed E-state index contributed by atoms with van der Waals surface area (Å²) in [7, 11) is 4.04. The Bertz CT molecular complexity index is 1640. The number of amides is 2. The molecular weight excluding hydrogens is 556 g/mol. The Kier molecular flexibility index (Phi) is 10.4. The molecule has 1 N–H and O–H groups in total.